The van der Waals surface area contributed by atoms with Crippen molar-refractivity contribution in [3.63, 3.8) is 0 Å². The van der Waals surface area contributed by atoms with Gasteiger partial charge in [-0.3, -0.25) is 4.90 Å². The van der Waals surface area contributed by atoms with Gasteiger partial charge in [-0.15, -0.1) is 0 Å². The van der Waals surface area contributed by atoms with Crippen LogP contribution in [0.4, 0.5) is 18.9 Å². The predicted molar refractivity (Wildman–Crippen MR) is 132 cm³/mol. The highest BCUT2D eigenvalue weighted by molar-refractivity contribution is 5.55. The Hall–Kier alpha value is -3.19. The standard InChI is InChI=1S/C28H31F3N2O2/c1-21-7-11-24(12-8-21)34-19-23(20-35-25-13-9-22(2)10-14-25)32-15-17-33(18-16-32)27-6-4-3-5-26(27)28(29,30)31/h3-14,23H,15-20H2,1-2H3. The van der Waals surface area contributed by atoms with Gasteiger partial charge in [-0.1, -0.05) is 47.5 Å². The first-order valence-corrected chi connectivity index (χ1v) is 11.8. The van der Waals surface area contributed by atoms with E-state index in [1.165, 1.54) is 6.07 Å². The van der Waals surface area contributed by atoms with Crippen LogP contribution >= 0.6 is 0 Å². The highest BCUT2D eigenvalue weighted by Crippen LogP contribution is 2.36. The van der Waals surface area contributed by atoms with E-state index in [1.807, 2.05) is 67.3 Å². The van der Waals surface area contributed by atoms with Crippen LogP contribution in [0.2, 0.25) is 0 Å². The summed E-state index contributed by atoms with van der Waals surface area (Å²) in [7, 11) is 0. The summed E-state index contributed by atoms with van der Waals surface area (Å²) in [6.07, 6.45) is -4.37. The number of para-hydroxylation sites is 1. The maximum Gasteiger partial charge on any atom is 0.418 e. The Morgan fingerprint density at radius 2 is 1.20 bits per heavy atom. The third-order valence-corrected chi connectivity index (χ3v) is 6.31. The molecular weight excluding hydrogens is 453 g/mol. The van der Waals surface area contributed by atoms with Gasteiger partial charge >= 0.3 is 6.18 Å². The number of hydrogen-bond donors (Lipinski definition) is 0. The maximum atomic E-state index is 13.5. The van der Waals surface area contributed by atoms with Crippen LogP contribution in [0.25, 0.3) is 0 Å². The molecule has 0 amide bonds. The molecule has 1 aliphatic heterocycles. The number of anilines is 1. The molecule has 0 radical (unpaired) electrons. The Labute approximate surface area is 204 Å². The highest BCUT2D eigenvalue weighted by Gasteiger charge is 2.35. The average Bonchev–Trinajstić information content (AvgIpc) is 2.86. The Bertz CT molecular complexity index is 1030. The smallest absolute Gasteiger partial charge is 0.418 e. The van der Waals surface area contributed by atoms with Crippen molar-refractivity contribution in [2.75, 3.05) is 44.3 Å². The minimum absolute atomic E-state index is 0.0439. The third-order valence-electron chi connectivity index (χ3n) is 6.31. The molecule has 1 heterocycles. The molecule has 0 N–H and O–H groups in total. The van der Waals surface area contributed by atoms with Crippen LogP contribution in [-0.4, -0.2) is 50.3 Å². The average molecular weight is 485 g/mol. The van der Waals surface area contributed by atoms with Gasteiger partial charge in [0.2, 0.25) is 0 Å². The number of rotatable bonds is 8. The van der Waals surface area contributed by atoms with Gasteiger partial charge in [-0.05, 0) is 50.2 Å². The van der Waals surface area contributed by atoms with Gasteiger partial charge in [0.05, 0.1) is 11.6 Å². The van der Waals surface area contributed by atoms with Crippen molar-refractivity contribution in [1.29, 1.82) is 0 Å². The Morgan fingerprint density at radius 1 is 0.714 bits per heavy atom. The molecule has 4 nitrogen and oxygen atoms in total. The van der Waals surface area contributed by atoms with Gasteiger partial charge in [0.1, 0.15) is 24.7 Å². The number of aryl methyl sites for hydroxylation is 2. The summed E-state index contributed by atoms with van der Waals surface area (Å²) in [4.78, 5) is 4.06. The van der Waals surface area contributed by atoms with Crippen LogP contribution < -0.4 is 14.4 Å². The van der Waals surface area contributed by atoms with Crippen molar-refractivity contribution >= 4 is 5.69 Å². The normalized spacial score (nSPS) is 14.9. The highest BCUT2D eigenvalue weighted by atomic mass is 19.4. The molecule has 0 saturated carbocycles. The van der Waals surface area contributed by atoms with Gasteiger partial charge in [0.25, 0.3) is 0 Å². The van der Waals surface area contributed by atoms with Crippen molar-refractivity contribution in [2.45, 2.75) is 26.1 Å². The number of benzene rings is 3. The lowest BCUT2D eigenvalue weighted by molar-refractivity contribution is -0.137. The first-order valence-electron chi connectivity index (χ1n) is 11.8. The summed E-state index contributed by atoms with van der Waals surface area (Å²) in [5.74, 6) is 1.57. The SMILES string of the molecule is Cc1ccc(OCC(COc2ccc(C)cc2)N2CCN(c3ccccc3C(F)(F)F)CC2)cc1. The number of alkyl halides is 3. The topological polar surface area (TPSA) is 24.9 Å². The van der Waals surface area contributed by atoms with Gasteiger partial charge < -0.3 is 14.4 Å². The number of hydrogen-bond acceptors (Lipinski definition) is 4. The number of nitrogens with zero attached hydrogens (tertiary/aromatic N) is 2. The lowest BCUT2D eigenvalue weighted by atomic mass is 10.1. The molecule has 3 aromatic carbocycles. The lowest BCUT2D eigenvalue weighted by Gasteiger charge is -2.40. The summed E-state index contributed by atoms with van der Waals surface area (Å²) in [5, 5.41) is 0. The summed E-state index contributed by atoms with van der Waals surface area (Å²) >= 11 is 0. The van der Waals surface area contributed by atoms with Crippen LogP contribution in [0.15, 0.2) is 72.8 Å². The van der Waals surface area contributed by atoms with Crippen molar-refractivity contribution in [1.82, 2.24) is 4.90 Å². The molecule has 1 saturated heterocycles. The molecule has 0 unspecified atom stereocenters. The zero-order valence-corrected chi connectivity index (χ0v) is 20.1. The number of halogens is 3. The van der Waals surface area contributed by atoms with Crippen LogP contribution in [0.1, 0.15) is 16.7 Å². The van der Waals surface area contributed by atoms with E-state index in [0.29, 0.717) is 39.4 Å². The molecule has 0 bridgehead atoms. The quantitative estimate of drug-likeness (QED) is 0.393. The predicted octanol–water partition coefficient (Wildman–Crippen LogP) is 5.97. The van der Waals surface area contributed by atoms with Crippen molar-refractivity contribution in [2.24, 2.45) is 0 Å². The molecule has 1 fully saturated rings. The molecule has 0 spiro atoms. The van der Waals surface area contributed by atoms with Crippen LogP contribution in [0.5, 0.6) is 11.5 Å². The maximum absolute atomic E-state index is 13.5. The van der Waals surface area contributed by atoms with Crippen LogP contribution in [-0.2, 0) is 6.18 Å². The fraction of sp³-hybridized carbons (Fsp3) is 0.357. The fourth-order valence-electron chi connectivity index (χ4n) is 4.23. The van der Waals surface area contributed by atoms with E-state index in [4.69, 9.17) is 9.47 Å². The molecule has 7 heteroatoms. The molecule has 186 valence electrons. The Morgan fingerprint density at radius 3 is 1.69 bits per heavy atom. The molecule has 1 aliphatic rings. The largest absolute Gasteiger partial charge is 0.492 e. The van der Waals surface area contributed by atoms with Gasteiger partial charge in [0, 0.05) is 31.9 Å². The van der Waals surface area contributed by atoms with Crippen LogP contribution in [0.3, 0.4) is 0 Å². The Kier molecular flexibility index (Phi) is 7.86. The summed E-state index contributed by atoms with van der Waals surface area (Å²) in [5.41, 5.74) is 1.97. The second kappa shape index (κ2) is 11.0. The van der Waals surface area contributed by atoms with E-state index < -0.39 is 11.7 Å². The van der Waals surface area contributed by atoms with Gasteiger partial charge in [-0.25, -0.2) is 0 Å². The van der Waals surface area contributed by atoms with Crippen molar-refractivity contribution in [3.8, 4) is 11.5 Å². The molecular formula is C28H31F3N2O2. The van der Waals surface area contributed by atoms with E-state index in [2.05, 4.69) is 4.90 Å². The number of ether oxygens (including phenoxy) is 2. The minimum atomic E-state index is -4.37. The molecule has 0 aliphatic carbocycles. The van der Waals surface area contributed by atoms with E-state index in [9.17, 15) is 13.2 Å². The Balaban J connectivity index is 1.43. The molecule has 0 atom stereocenters. The fourth-order valence-corrected chi connectivity index (χ4v) is 4.23. The minimum Gasteiger partial charge on any atom is -0.492 e. The first-order chi connectivity index (χ1) is 16.8. The monoisotopic (exact) mass is 484 g/mol. The lowest BCUT2D eigenvalue weighted by Crippen LogP contribution is -2.54. The van der Waals surface area contributed by atoms with E-state index in [0.717, 1.165) is 28.7 Å². The zero-order chi connectivity index (χ0) is 24.8. The second-order valence-electron chi connectivity index (χ2n) is 8.94. The van der Waals surface area contributed by atoms with E-state index in [1.54, 1.807) is 12.1 Å². The molecule has 4 rings (SSSR count). The summed E-state index contributed by atoms with van der Waals surface area (Å²) < 4.78 is 52.7. The van der Waals surface area contributed by atoms with Crippen molar-refractivity contribution in [3.05, 3.63) is 89.5 Å². The summed E-state index contributed by atoms with van der Waals surface area (Å²) in [6.45, 7) is 7.13. The number of piperazine rings is 1. The van der Waals surface area contributed by atoms with E-state index >= 15 is 0 Å². The van der Waals surface area contributed by atoms with Gasteiger partial charge in [0.15, 0.2) is 0 Å². The van der Waals surface area contributed by atoms with Gasteiger partial charge in [-0.2, -0.15) is 13.2 Å². The first kappa shape index (κ1) is 24.9. The van der Waals surface area contributed by atoms with Crippen LogP contribution in [0, 0.1) is 13.8 Å². The molecule has 3 aromatic rings. The molecule has 0 aromatic heterocycles. The molecule has 35 heavy (non-hydrogen) atoms. The second-order valence-corrected chi connectivity index (χ2v) is 8.94. The van der Waals surface area contributed by atoms with E-state index in [-0.39, 0.29) is 11.7 Å². The summed E-state index contributed by atoms with van der Waals surface area (Å²) in [6, 6.07) is 21.5. The third kappa shape index (κ3) is 6.69. The van der Waals surface area contributed by atoms with Crippen molar-refractivity contribution < 1.29 is 22.6 Å². The zero-order valence-electron chi connectivity index (χ0n) is 20.1.